The SMILES string of the molecule is N#Cc1cnc(N2CCN(C(=C=O)COOC(N)=O)CC2)nc1. The molecule has 2 heterocycles. The van der Waals surface area contributed by atoms with Gasteiger partial charge >= 0.3 is 6.09 Å². The van der Waals surface area contributed by atoms with Crippen LogP contribution in [0.5, 0.6) is 0 Å². The molecule has 1 saturated heterocycles. The van der Waals surface area contributed by atoms with Gasteiger partial charge in [0.05, 0.1) is 18.0 Å². The van der Waals surface area contributed by atoms with E-state index in [1.54, 1.807) is 10.8 Å². The first-order valence-electron chi connectivity index (χ1n) is 6.69. The third-order valence-electron chi connectivity index (χ3n) is 3.17. The number of rotatable bonds is 5. The maximum Gasteiger partial charge on any atom is 0.436 e. The number of anilines is 1. The number of carbonyl (C=O) groups is 1. The third-order valence-corrected chi connectivity index (χ3v) is 3.17. The van der Waals surface area contributed by atoms with E-state index >= 15 is 0 Å². The summed E-state index contributed by atoms with van der Waals surface area (Å²) in [5, 5.41) is 8.73. The van der Waals surface area contributed by atoms with E-state index < -0.39 is 6.09 Å². The molecule has 0 bridgehead atoms. The fourth-order valence-electron chi connectivity index (χ4n) is 2.05. The average molecular weight is 318 g/mol. The molecule has 2 rings (SSSR count). The van der Waals surface area contributed by atoms with Crippen LogP contribution < -0.4 is 10.6 Å². The van der Waals surface area contributed by atoms with E-state index in [9.17, 15) is 9.59 Å². The first-order chi connectivity index (χ1) is 11.1. The zero-order chi connectivity index (χ0) is 16.7. The standard InChI is InChI=1S/C13H14N6O4/c14-5-10-6-16-13(17-7-10)19-3-1-18(2-4-19)11(8-20)9-22-23-12(15)21/h6-7H,1-4,9H2,(H2,15,21). The molecule has 10 heteroatoms. The zero-order valence-corrected chi connectivity index (χ0v) is 12.1. The summed E-state index contributed by atoms with van der Waals surface area (Å²) in [6, 6.07) is 1.96. The minimum absolute atomic E-state index is 0.222. The maximum absolute atomic E-state index is 11.0. The molecular weight excluding hydrogens is 304 g/mol. The minimum Gasteiger partial charge on any atom is -0.360 e. The molecule has 1 aromatic heterocycles. The van der Waals surface area contributed by atoms with Crippen LogP contribution in [0.25, 0.3) is 0 Å². The van der Waals surface area contributed by atoms with Gasteiger partial charge in [-0.05, 0) is 0 Å². The quantitative estimate of drug-likeness (QED) is 0.421. The topological polar surface area (TPSA) is 135 Å². The van der Waals surface area contributed by atoms with Gasteiger partial charge in [-0.3, -0.25) is 4.89 Å². The summed E-state index contributed by atoms with van der Waals surface area (Å²) in [5.74, 6) is 2.29. The number of nitrogens with two attached hydrogens (primary N) is 1. The zero-order valence-electron chi connectivity index (χ0n) is 12.1. The summed E-state index contributed by atoms with van der Waals surface area (Å²) in [4.78, 5) is 42.0. The number of aromatic nitrogens is 2. The van der Waals surface area contributed by atoms with Gasteiger partial charge in [0.15, 0.2) is 0 Å². The van der Waals surface area contributed by atoms with Gasteiger partial charge in [0.25, 0.3) is 0 Å². The number of carbonyl (C=O) groups excluding carboxylic acids is 2. The van der Waals surface area contributed by atoms with Crippen LogP contribution in [0.2, 0.25) is 0 Å². The molecule has 1 aromatic rings. The van der Waals surface area contributed by atoms with E-state index in [0.717, 1.165) is 0 Å². The van der Waals surface area contributed by atoms with Gasteiger partial charge in [-0.15, -0.1) is 0 Å². The van der Waals surface area contributed by atoms with Gasteiger partial charge in [0.2, 0.25) is 5.95 Å². The van der Waals surface area contributed by atoms with Gasteiger partial charge in [-0.25, -0.2) is 19.6 Å². The van der Waals surface area contributed by atoms with Crippen molar-refractivity contribution in [1.82, 2.24) is 14.9 Å². The second-order valence-corrected chi connectivity index (χ2v) is 4.57. The van der Waals surface area contributed by atoms with Crippen molar-refractivity contribution in [2.75, 3.05) is 37.7 Å². The minimum atomic E-state index is -1.09. The van der Waals surface area contributed by atoms with Gasteiger partial charge in [-0.2, -0.15) is 10.1 Å². The second-order valence-electron chi connectivity index (χ2n) is 4.57. The lowest BCUT2D eigenvalue weighted by atomic mass is 10.3. The highest BCUT2D eigenvalue weighted by atomic mass is 17.2. The number of hydrogen-bond acceptors (Lipinski definition) is 9. The number of nitrogens with zero attached hydrogens (tertiary/aromatic N) is 5. The predicted octanol–water partition coefficient (Wildman–Crippen LogP) is -0.787. The van der Waals surface area contributed by atoms with Crippen molar-refractivity contribution in [2.45, 2.75) is 0 Å². The molecule has 1 fully saturated rings. The van der Waals surface area contributed by atoms with E-state index in [2.05, 4.69) is 19.7 Å². The molecule has 0 aliphatic carbocycles. The molecule has 0 radical (unpaired) electrons. The van der Waals surface area contributed by atoms with Crippen molar-refractivity contribution >= 4 is 18.0 Å². The Morgan fingerprint density at radius 3 is 2.48 bits per heavy atom. The van der Waals surface area contributed by atoms with Crippen molar-refractivity contribution in [2.24, 2.45) is 5.73 Å². The normalized spacial score (nSPS) is 13.9. The highest BCUT2D eigenvalue weighted by Gasteiger charge is 2.21. The van der Waals surface area contributed by atoms with Crippen molar-refractivity contribution in [3.05, 3.63) is 23.7 Å². The Balaban J connectivity index is 1.88. The van der Waals surface area contributed by atoms with Crippen LogP contribution in [0, 0.1) is 11.3 Å². The van der Waals surface area contributed by atoms with E-state index in [1.165, 1.54) is 12.4 Å². The number of primary amides is 1. The molecule has 1 aliphatic heterocycles. The first-order valence-corrected chi connectivity index (χ1v) is 6.69. The lowest BCUT2D eigenvalue weighted by Crippen LogP contribution is -2.47. The number of amides is 1. The van der Waals surface area contributed by atoms with Crippen LogP contribution in [0.4, 0.5) is 10.7 Å². The lowest BCUT2D eigenvalue weighted by molar-refractivity contribution is -0.230. The molecule has 2 N–H and O–H groups in total. The fraction of sp³-hybridized carbons (Fsp3) is 0.385. The largest absolute Gasteiger partial charge is 0.436 e. The molecule has 10 nitrogen and oxygen atoms in total. The number of hydrogen-bond donors (Lipinski definition) is 1. The monoisotopic (exact) mass is 318 g/mol. The van der Waals surface area contributed by atoms with Crippen LogP contribution in [0.3, 0.4) is 0 Å². The van der Waals surface area contributed by atoms with E-state index in [-0.39, 0.29) is 12.3 Å². The first kappa shape index (κ1) is 16.2. The van der Waals surface area contributed by atoms with Crippen LogP contribution in [-0.2, 0) is 14.6 Å². The van der Waals surface area contributed by atoms with E-state index in [1.807, 2.05) is 11.0 Å². The fourth-order valence-corrected chi connectivity index (χ4v) is 2.05. The summed E-state index contributed by atoms with van der Waals surface area (Å²) >= 11 is 0. The van der Waals surface area contributed by atoms with Crippen LogP contribution in [-0.4, -0.2) is 59.7 Å². The van der Waals surface area contributed by atoms with E-state index in [4.69, 9.17) is 11.0 Å². The second kappa shape index (κ2) is 7.74. The Bertz CT molecular complexity index is 641. The summed E-state index contributed by atoms with van der Waals surface area (Å²) < 4.78 is 0. The highest BCUT2D eigenvalue weighted by Crippen LogP contribution is 2.13. The smallest absolute Gasteiger partial charge is 0.360 e. The van der Waals surface area contributed by atoms with Crippen molar-refractivity contribution < 1.29 is 19.4 Å². The maximum atomic E-state index is 11.0. The summed E-state index contributed by atoms with van der Waals surface area (Å²) in [6.07, 6.45) is 1.83. The molecule has 0 aromatic carbocycles. The predicted molar refractivity (Wildman–Crippen MR) is 76.4 cm³/mol. The summed E-state index contributed by atoms with van der Waals surface area (Å²) in [6.45, 7) is 1.98. The Labute approximate surface area is 131 Å². The van der Waals surface area contributed by atoms with E-state index in [0.29, 0.717) is 37.7 Å². The van der Waals surface area contributed by atoms with Crippen molar-refractivity contribution in [3.63, 3.8) is 0 Å². The Hall–Kier alpha value is -3.15. The lowest BCUT2D eigenvalue weighted by Gasteiger charge is -2.35. The molecular formula is C13H14N6O4. The molecule has 1 amide bonds. The van der Waals surface area contributed by atoms with Gasteiger partial charge in [-0.1, -0.05) is 0 Å². The van der Waals surface area contributed by atoms with Gasteiger partial charge in [0, 0.05) is 26.2 Å². The Morgan fingerprint density at radius 2 is 1.96 bits per heavy atom. The van der Waals surface area contributed by atoms with Crippen molar-refractivity contribution in [3.8, 4) is 6.07 Å². The molecule has 23 heavy (non-hydrogen) atoms. The average Bonchev–Trinajstić information content (AvgIpc) is 2.59. The molecule has 120 valence electrons. The third kappa shape index (κ3) is 4.41. The molecule has 0 spiro atoms. The Kier molecular flexibility index (Phi) is 5.46. The summed E-state index contributed by atoms with van der Waals surface area (Å²) in [5.41, 5.74) is 5.38. The van der Waals surface area contributed by atoms with Crippen LogP contribution in [0.15, 0.2) is 18.1 Å². The highest BCUT2D eigenvalue weighted by molar-refractivity contribution is 5.63. The number of piperazine rings is 1. The van der Waals surface area contributed by atoms with Gasteiger partial charge in [0.1, 0.15) is 24.3 Å². The number of nitriles is 1. The van der Waals surface area contributed by atoms with Crippen LogP contribution >= 0.6 is 0 Å². The summed E-state index contributed by atoms with van der Waals surface area (Å²) in [7, 11) is 0. The molecule has 1 aliphatic rings. The van der Waals surface area contributed by atoms with Crippen LogP contribution in [0.1, 0.15) is 5.56 Å². The van der Waals surface area contributed by atoms with Gasteiger partial charge < -0.3 is 15.5 Å². The molecule has 0 unspecified atom stereocenters. The molecule has 0 atom stereocenters. The van der Waals surface area contributed by atoms with Crippen molar-refractivity contribution in [1.29, 1.82) is 5.26 Å². The Morgan fingerprint density at radius 1 is 1.30 bits per heavy atom. The molecule has 0 saturated carbocycles.